The summed E-state index contributed by atoms with van der Waals surface area (Å²) in [6, 6.07) is 8.39. The molecule has 2 fully saturated rings. The standard InChI is InChI=1S/C16H23N3O/c17-16(20)12-5-7-14(8-6-12)19-10-2-3-13(11-19)15-4-1-9-18-15/h5-8,13,15,18H,1-4,9-11H2,(H2,17,20). The number of nitrogens with two attached hydrogens (primary N) is 1. The van der Waals surface area contributed by atoms with Crippen molar-refractivity contribution in [3.05, 3.63) is 29.8 Å². The van der Waals surface area contributed by atoms with Gasteiger partial charge in [0.1, 0.15) is 0 Å². The second kappa shape index (κ2) is 5.83. The van der Waals surface area contributed by atoms with Crippen molar-refractivity contribution in [3.63, 3.8) is 0 Å². The zero-order valence-electron chi connectivity index (χ0n) is 11.8. The number of hydrogen-bond donors (Lipinski definition) is 2. The zero-order chi connectivity index (χ0) is 13.9. The van der Waals surface area contributed by atoms with Crippen LogP contribution in [0.25, 0.3) is 0 Å². The van der Waals surface area contributed by atoms with Gasteiger partial charge in [-0.3, -0.25) is 4.79 Å². The molecule has 0 aliphatic carbocycles. The molecule has 3 N–H and O–H groups in total. The van der Waals surface area contributed by atoms with Crippen LogP contribution in [-0.4, -0.2) is 31.6 Å². The van der Waals surface area contributed by atoms with E-state index in [1.165, 1.54) is 37.9 Å². The Morgan fingerprint density at radius 1 is 1.20 bits per heavy atom. The van der Waals surface area contributed by atoms with Crippen molar-refractivity contribution >= 4 is 11.6 Å². The molecule has 1 aromatic carbocycles. The van der Waals surface area contributed by atoms with E-state index < -0.39 is 0 Å². The molecule has 2 heterocycles. The fourth-order valence-corrected chi connectivity index (χ4v) is 3.52. The summed E-state index contributed by atoms with van der Waals surface area (Å²) in [6.45, 7) is 3.40. The lowest BCUT2D eigenvalue weighted by Crippen LogP contribution is -2.43. The molecule has 2 saturated heterocycles. The lowest BCUT2D eigenvalue weighted by molar-refractivity contribution is 0.100. The summed E-state index contributed by atoms with van der Waals surface area (Å²) in [5.41, 5.74) is 7.08. The average molecular weight is 273 g/mol. The van der Waals surface area contributed by atoms with Gasteiger partial charge < -0.3 is 16.0 Å². The molecule has 2 aliphatic heterocycles. The highest BCUT2D eigenvalue weighted by Crippen LogP contribution is 2.28. The van der Waals surface area contributed by atoms with Crippen molar-refractivity contribution in [1.82, 2.24) is 5.32 Å². The Morgan fingerprint density at radius 3 is 2.65 bits per heavy atom. The molecule has 0 radical (unpaired) electrons. The van der Waals surface area contributed by atoms with Crippen molar-refractivity contribution in [2.75, 3.05) is 24.5 Å². The van der Waals surface area contributed by atoms with Crippen LogP contribution in [0.15, 0.2) is 24.3 Å². The predicted molar refractivity (Wildman–Crippen MR) is 80.9 cm³/mol. The molecule has 0 saturated carbocycles. The van der Waals surface area contributed by atoms with E-state index in [9.17, 15) is 4.79 Å². The van der Waals surface area contributed by atoms with Crippen LogP contribution in [0.3, 0.4) is 0 Å². The summed E-state index contributed by atoms with van der Waals surface area (Å²) in [5.74, 6) is 0.394. The van der Waals surface area contributed by atoms with Gasteiger partial charge >= 0.3 is 0 Å². The summed E-state index contributed by atoms with van der Waals surface area (Å²) >= 11 is 0. The summed E-state index contributed by atoms with van der Waals surface area (Å²) in [5, 5.41) is 3.63. The molecule has 0 bridgehead atoms. The minimum absolute atomic E-state index is 0.358. The number of carbonyl (C=O) groups is 1. The van der Waals surface area contributed by atoms with E-state index in [0.29, 0.717) is 11.6 Å². The van der Waals surface area contributed by atoms with Gasteiger partial charge in [-0.1, -0.05) is 0 Å². The first kappa shape index (κ1) is 13.4. The normalized spacial score (nSPS) is 26.7. The Labute approximate surface area is 120 Å². The number of piperidine rings is 1. The average Bonchev–Trinajstić information content (AvgIpc) is 3.02. The lowest BCUT2D eigenvalue weighted by Gasteiger charge is -2.37. The number of benzene rings is 1. The number of nitrogens with one attached hydrogen (secondary N) is 1. The highest BCUT2D eigenvalue weighted by atomic mass is 16.1. The van der Waals surface area contributed by atoms with E-state index in [1.54, 1.807) is 0 Å². The van der Waals surface area contributed by atoms with Gasteiger partial charge in [0, 0.05) is 30.4 Å². The number of nitrogens with zero attached hydrogens (tertiary/aromatic N) is 1. The van der Waals surface area contributed by atoms with Crippen LogP contribution >= 0.6 is 0 Å². The first-order chi connectivity index (χ1) is 9.74. The Kier molecular flexibility index (Phi) is 3.92. The maximum atomic E-state index is 11.1. The molecule has 108 valence electrons. The van der Waals surface area contributed by atoms with Crippen molar-refractivity contribution in [3.8, 4) is 0 Å². The third-order valence-electron chi connectivity index (χ3n) is 4.64. The van der Waals surface area contributed by atoms with Gasteiger partial charge in [0.15, 0.2) is 0 Å². The van der Waals surface area contributed by atoms with Crippen LogP contribution in [0, 0.1) is 5.92 Å². The minimum Gasteiger partial charge on any atom is -0.371 e. The molecule has 2 aliphatic rings. The monoisotopic (exact) mass is 273 g/mol. The Bertz CT molecular complexity index is 465. The second-order valence-electron chi connectivity index (χ2n) is 5.96. The van der Waals surface area contributed by atoms with Crippen LogP contribution in [-0.2, 0) is 0 Å². The summed E-state index contributed by atoms with van der Waals surface area (Å²) < 4.78 is 0. The maximum absolute atomic E-state index is 11.1. The molecular weight excluding hydrogens is 250 g/mol. The van der Waals surface area contributed by atoms with Gasteiger partial charge in [0.25, 0.3) is 0 Å². The molecule has 2 unspecified atom stereocenters. The van der Waals surface area contributed by atoms with Crippen LogP contribution in [0.4, 0.5) is 5.69 Å². The van der Waals surface area contributed by atoms with E-state index in [-0.39, 0.29) is 5.91 Å². The van der Waals surface area contributed by atoms with Crippen molar-refractivity contribution in [2.45, 2.75) is 31.7 Å². The van der Waals surface area contributed by atoms with Gasteiger partial charge in [-0.15, -0.1) is 0 Å². The number of rotatable bonds is 3. The molecular formula is C16H23N3O. The van der Waals surface area contributed by atoms with Gasteiger partial charge in [-0.25, -0.2) is 0 Å². The number of primary amides is 1. The van der Waals surface area contributed by atoms with Crippen LogP contribution in [0.5, 0.6) is 0 Å². The smallest absolute Gasteiger partial charge is 0.248 e. The third kappa shape index (κ3) is 2.80. The fourth-order valence-electron chi connectivity index (χ4n) is 3.52. The topological polar surface area (TPSA) is 58.4 Å². The third-order valence-corrected chi connectivity index (χ3v) is 4.64. The highest BCUT2D eigenvalue weighted by Gasteiger charge is 2.29. The Morgan fingerprint density at radius 2 is 2.00 bits per heavy atom. The largest absolute Gasteiger partial charge is 0.371 e. The molecule has 2 atom stereocenters. The summed E-state index contributed by atoms with van der Waals surface area (Å²) in [4.78, 5) is 13.6. The molecule has 0 spiro atoms. The number of anilines is 1. The van der Waals surface area contributed by atoms with Gasteiger partial charge in [0.05, 0.1) is 0 Å². The SMILES string of the molecule is NC(=O)c1ccc(N2CCCC(C3CCCN3)C2)cc1. The van der Waals surface area contributed by atoms with Crippen LogP contribution in [0.2, 0.25) is 0 Å². The minimum atomic E-state index is -0.358. The lowest BCUT2D eigenvalue weighted by atomic mass is 9.89. The molecule has 1 aromatic rings. The predicted octanol–water partition coefficient (Wildman–Crippen LogP) is 1.75. The van der Waals surface area contributed by atoms with E-state index in [2.05, 4.69) is 10.2 Å². The quantitative estimate of drug-likeness (QED) is 0.882. The second-order valence-corrected chi connectivity index (χ2v) is 5.96. The number of amides is 1. The van der Waals surface area contributed by atoms with E-state index in [4.69, 9.17) is 5.73 Å². The van der Waals surface area contributed by atoms with E-state index in [1.807, 2.05) is 24.3 Å². The molecule has 4 heteroatoms. The zero-order valence-corrected chi connectivity index (χ0v) is 11.8. The molecule has 20 heavy (non-hydrogen) atoms. The van der Waals surface area contributed by atoms with Crippen molar-refractivity contribution in [2.24, 2.45) is 11.7 Å². The summed E-state index contributed by atoms with van der Waals surface area (Å²) in [7, 11) is 0. The van der Waals surface area contributed by atoms with Gasteiger partial charge in [-0.05, 0) is 62.4 Å². The highest BCUT2D eigenvalue weighted by molar-refractivity contribution is 5.93. The maximum Gasteiger partial charge on any atom is 0.248 e. The van der Waals surface area contributed by atoms with Crippen molar-refractivity contribution in [1.29, 1.82) is 0 Å². The molecule has 4 nitrogen and oxygen atoms in total. The number of carbonyl (C=O) groups excluding carboxylic acids is 1. The van der Waals surface area contributed by atoms with E-state index >= 15 is 0 Å². The van der Waals surface area contributed by atoms with E-state index in [0.717, 1.165) is 19.0 Å². The first-order valence-corrected chi connectivity index (χ1v) is 7.62. The number of hydrogen-bond acceptors (Lipinski definition) is 3. The van der Waals surface area contributed by atoms with Crippen molar-refractivity contribution < 1.29 is 4.79 Å². The summed E-state index contributed by atoms with van der Waals surface area (Å²) in [6.07, 6.45) is 5.21. The molecule has 0 aromatic heterocycles. The van der Waals surface area contributed by atoms with Gasteiger partial charge in [-0.2, -0.15) is 0 Å². The molecule has 3 rings (SSSR count). The van der Waals surface area contributed by atoms with Crippen LogP contribution in [0.1, 0.15) is 36.0 Å². The van der Waals surface area contributed by atoms with Crippen LogP contribution < -0.4 is 16.0 Å². The first-order valence-electron chi connectivity index (χ1n) is 7.62. The Hall–Kier alpha value is -1.55. The Balaban J connectivity index is 1.68. The molecule has 1 amide bonds. The van der Waals surface area contributed by atoms with Gasteiger partial charge in [0.2, 0.25) is 5.91 Å². The fraction of sp³-hybridized carbons (Fsp3) is 0.562.